The third kappa shape index (κ3) is 6.39. The smallest absolute Gasteiger partial charge is 0.407 e. The molecule has 0 aliphatic carbocycles. The van der Waals surface area contributed by atoms with E-state index in [1.165, 1.54) is 11.3 Å². The topological polar surface area (TPSA) is 101 Å². The number of carbonyl (C=O) groups is 2. The number of nitrogens with zero attached hydrogens (tertiary/aromatic N) is 4. The van der Waals surface area contributed by atoms with Crippen LogP contribution < -0.4 is 15.5 Å². The standard InChI is InChI=1S/C25H32N6O3S/c1-16-21(22(32)28-19-13-27-30(5)15-19)29-23(35-16)18-7-6-8-20(11-18)31-10-9-17(14-31)12-26-24(33)34-25(2,3)4/h6-8,11,13,15,17H,9-10,12,14H2,1-5H3,(H,26,33)(H,28,32)/t17-/m0/s1. The molecule has 0 saturated carbocycles. The molecule has 1 aromatic carbocycles. The maximum atomic E-state index is 12.7. The van der Waals surface area contributed by atoms with Crippen LogP contribution in [0.4, 0.5) is 16.2 Å². The minimum Gasteiger partial charge on any atom is -0.444 e. The zero-order valence-corrected chi connectivity index (χ0v) is 21.6. The summed E-state index contributed by atoms with van der Waals surface area (Å²) in [5, 5.41) is 10.6. The lowest BCUT2D eigenvalue weighted by atomic mass is 10.1. The number of carbonyl (C=O) groups excluding carboxylic acids is 2. The third-order valence-electron chi connectivity index (χ3n) is 5.65. The summed E-state index contributed by atoms with van der Waals surface area (Å²) in [4.78, 5) is 32.5. The van der Waals surface area contributed by atoms with Crippen molar-refractivity contribution in [2.24, 2.45) is 13.0 Å². The number of hydrogen-bond acceptors (Lipinski definition) is 7. The molecule has 1 aliphatic rings. The van der Waals surface area contributed by atoms with Gasteiger partial charge in [-0.15, -0.1) is 11.3 Å². The van der Waals surface area contributed by atoms with Gasteiger partial charge in [-0.25, -0.2) is 9.78 Å². The van der Waals surface area contributed by atoms with E-state index >= 15 is 0 Å². The van der Waals surface area contributed by atoms with Gasteiger partial charge in [0, 0.05) is 49.0 Å². The van der Waals surface area contributed by atoms with Gasteiger partial charge in [-0.1, -0.05) is 12.1 Å². The zero-order chi connectivity index (χ0) is 25.2. The number of ether oxygens (including phenoxy) is 1. The van der Waals surface area contributed by atoms with Crippen molar-refractivity contribution in [1.29, 1.82) is 0 Å². The molecule has 1 aliphatic heterocycles. The lowest BCUT2D eigenvalue weighted by Gasteiger charge is -2.21. The predicted molar refractivity (Wildman–Crippen MR) is 138 cm³/mol. The highest BCUT2D eigenvalue weighted by atomic mass is 32.1. The van der Waals surface area contributed by atoms with Crippen LogP contribution in [0, 0.1) is 12.8 Å². The second-order valence-corrected chi connectivity index (χ2v) is 11.0. The Morgan fingerprint density at radius 3 is 2.80 bits per heavy atom. The van der Waals surface area contributed by atoms with Crippen molar-refractivity contribution in [3.8, 4) is 10.6 Å². The molecule has 0 bridgehead atoms. The Balaban J connectivity index is 1.39. The van der Waals surface area contributed by atoms with Crippen molar-refractivity contribution >= 4 is 34.7 Å². The highest BCUT2D eigenvalue weighted by Crippen LogP contribution is 2.32. The number of rotatable bonds is 6. The Labute approximate surface area is 209 Å². The SMILES string of the molecule is Cc1sc(-c2cccc(N3CC[C@@H](CNC(=O)OC(C)(C)C)C3)c2)nc1C(=O)Nc1cnn(C)c1. The van der Waals surface area contributed by atoms with Crippen molar-refractivity contribution in [2.45, 2.75) is 39.7 Å². The molecule has 1 fully saturated rings. The van der Waals surface area contributed by atoms with Gasteiger partial charge in [-0.3, -0.25) is 9.48 Å². The molecule has 3 aromatic rings. The number of nitrogens with one attached hydrogen (secondary N) is 2. The van der Waals surface area contributed by atoms with Crippen LogP contribution in [0.3, 0.4) is 0 Å². The Bertz CT molecular complexity index is 1210. The summed E-state index contributed by atoms with van der Waals surface area (Å²) in [6, 6.07) is 8.24. The molecule has 0 spiro atoms. The quantitative estimate of drug-likeness (QED) is 0.523. The Morgan fingerprint density at radius 1 is 1.29 bits per heavy atom. The largest absolute Gasteiger partial charge is 0.444 e. The van der Waals surface area contributed by atoms with Crippen LogP contribution in [-0.2, 0) is 11.8 Å². The van der Waals surface area contributed by atoms with E-state index < -0.39 is 5.60 Å². The number of hydrogen-bond donors (Lipinski definition) is 2. The molecule has 1 atom stereocenters. The van der Waals surface area contributed by atoms with E-state index in [2.05, 4.69) is 37.7 Å². The first-order valence-corrected chi connectivity index (χ1v) is 12.5. The van der Waals surface area contributed by atoms with Crippen molar-refractivity contribution in [3.05, 3.63) is 47.2 Å². The molecule has 9 nitrogen and oxygen atoms in total. The molecule has 0 unspecified atom stereocenters. The zero-order valence-electron chi connectivity index (χ0n) is 20.8. The summed E-state index contributed by atoms with van der Waals surface area (Å²) < 4.78 is 6.97. The summed E-state index contributed by atoms with van der Waals surface area (Å²) in [5.74, 6) is 0.116. The fraction of sp³-hybridized carbons (Fsp3) is 0.440. The number of aromatic nitrogens is 3. The van der Waals surface area contributed by atoms with Crippen LogP contribution in [0.5, 0.6) is 0 Å². The Morgan fingerprint density at radius 2 is 2.09 bits per heavy atom. The minimum atomic E-state index is -0.500. The monoisotopic (exact) mass is 496 g/mol. The molecule has 35 heavy (non-hydrogen) atoms. The molecular weight excluding hydrogens is 464 g/mol. The first kappa shape index (κ1) is 24.7. The summed E-state index contributed by atoms with van der Waals surface area (Å²) in [6.07, 6.45) is 3.97. The number of aryl methyl sites for hydroxylation is 2. The van der Waals surface area contributed by atoms with Gasteiger partial charge < -0.3 is 20.3 Å². The summed E-state index contributed by atoms with van der Waals surface area (Å²) in [6.45, 7) is 9.84. The average Bonchev–Trinajstić information content (AvgIpc) is 3.51. The molecule has 0 radical (unpaired) electrons. The van der Waals surface area contributed by atoms with E-state index in [1.807, 2.05) is 39.8 Å². The third-order valence-corrected chi connectivity index (χ3v) is 6.67. The van der Waals surface area contributed by atoms with Gasteiger partial charge in [0.1, 0.15) is 16.3 Å². The number of anilines is 2. The average molecular weight is 497 g/mol. The van der Waals surface area contributed by atoms with Crippen LogP contribution >= 0.6 is 11.3 Å². The maximum absolute atomic E-state index is 12.7. The van der Waals surface area contributed by atoms with Gasteiger partial charge in [0.05, 0.1) is 11.9 Å². The van der Waals surface area contributed by atoms with Crippen LogP contribution in [0.1, 0.15) is 42.6 Å². The van der Waals surface area contributed by atoms with E-state index in [-0.39, 0.29) is 12.0 Å². The molecule has 186 valence electrons. The van der Waals surface area contributed by atoms with E-state index in [0.29, 0.717) is 23.8 Å². The van der Waals surface area contributed by atoms with E-state index in [4.69, 9.17) is 4.74 Å². The molecule has 2 N–H and O–H groups in total. The molecular formula is C25H32N6O3S. The van der Waals surface area contributed by atoms with Gasteiger partial charge in [-0.2, -0.15) is 5.10 Å². The van der Waals surface area contributed by atoms with Crippen molar-refractivity contribution in [2.75, 3.05) is 29.9 Å². The van der Waals surface area contributed by atoms with Gasteiger partial charge in [-0.05, 0) is 52.2 Å². The number of benzene rings is 1. The Kier molecular flexibility index (Phi) is 7.11. The number of thiazole rings is 1. The van der Waals surface area contributed by atoms with Crippen LogP contribution in [0.25, 0.3) is 10.6 Å². The fourth-order valence-corrected chi connectivity index (χ4v) is 4.92. The molecule has 1 saturated heterocycles. The summed E-state index contributed by atoms with van der Waals surface area (Å²) >= 11 is 1.51. The highest BCUT2D eigenvalue weighted by Gasteiger charge is 2.25. The molecule has 2 amide bonds. The normalized spacial score (nSPS) is 15.8. The van der Waals surface area contributed by atoms with Crippen LogP contribution in [-0.4, -0.2) is 52.0 Å². The number of alkyl carbamates (subject to hydrolysis) is 1. The highest BCUT2D eigenvalue weighted by molar-refractivity contribution is 7.15. The number of amides is 2. The molecule has 3 heterocycles. The van der Waals surface area contributed by atoms with E-state index in [0.717, 1.165) is 40.6 Å². The van der Waals surface area contributed by atoms with Gasteiger partial charge in [0.25, 0.3) is 5.91 Å². The molecule has 4 rings (SSSR count). The van der Waals surface area contributed by atoms with Crippen LogP contribution in [0.15, 0.2) is 36.7 Å². The first-order valence-electron chi connectivity index (χ1n) is 11.7. The van der Waals surface area contributed by atoms with Crippen molar-refractivity contribution < 1.29 is 14.3 Å². The molecule has 10 heteroatoms. The van der Waals surface area contributed by atoms with Gasteiger partial charge in [0.15, 0.2) is 0 Å². The maximum Gasteiger partial charge on any atom is 0.407 e. The first-order chi connectivity index (χ1) is 16.6. The van der Waals surface area contributed by atoms with Crippen molar-refractivity contribution in [1.82, 2.24) is 20.1 Å². The molecule has 2 aromatic heterocycles. The summed E-state index contributed by atoms with van der Waals surface area (Å²) in [5.41, 5.74) is 2.65. The van der Waals surface area contributed by atoms with E-state index in [1.54, 1.807) is 24.1 Å². The second kappa shape index (κ2) is 10.1. The van der Waals surface area contributed by atoms with Crippen molar-refractivity contribution in [3.63, 3.8) is 0 Å². The lowest BCUT2D eigenvalue weighted by molar-refractivity contribution is 0.0520. The predicted octanol–water partition coefficient (Wildman–Crippen LogP) is 4.46. The summed E-state index contributed by atoms with van der Waals surface area (Å²) in [7, 11) is 1.80. The minimum absolute atomic E-state index is 0.242. The van der Waals surface area contributed by atoms with Gasteiger partial charge in [0.2, 0.25) is 0 Å². The second-order valence-electron chi connectivity index (χ2n) is 9.81. The van der Waals surface area contributed by atoms with Crippen LogP contribution in [0.2, 0.25) is 0 Å². The lowest BCUT2D eigenvalue weighted by Crippen LogP contribution is -2.36. The van der Waals surface area contributed by atoms with Gasteiger partial charge >= 0.3 is 6.09 Å². The van der Waals surface area contributed by atoms with E-state index in [9.17, 15) is 9.59 Å². The Hall–Kier alpha value is -3.40. The fourth-order valence-electron chi connectivity index (χ4n) is 4.02.